The molecular weight excluding hydrogens is 216 g/mol. The monoisotopic (exact) mass is 236 g/mol. The molecule has 0 radical (unpaired) electrons. The first-order valence-corrected chi connectivity index (χ1v) is 5.69. The first kappa shape index (κ1) is 13.5. The van der Waals surface area contributed by atoms with Gasteiger partial charge in [0.05, 0.1) is 12.2 Å². The summed E-state index contributed by atoms with van der Waals surface area (Å²) in [5, 5.41) is 11.6. The van der Waals surface area contributed by atoms with Crippen molar-refractivity contribution in [3.05, 3.63) is 35.4 Å². The summed E-state index contributed by atoms with van der Waals surface area (Å²) in [7, 11) is 0. The molecule has 0 fully saturated rings. The maximum atomic E-state index is 8.61. The van der Waals surface area contributed by atoms with Crippen LogP contribution >= 0.6 is 0 Å². The van der Waals surface area contributed by atoms with E-state index >= 15 is 0 Å². The average Bonchev–Trinajstić information content (AvgIpc) is 2.36. The lowest BCUT2D eigenvalue weighted by Gasteiger charge is -2.23. The summed E-state index contributed by atoms with van der Waals surface area (Å²) in [5.74, 6) is 0.113. The van der Waals surface area contributed by atoms with Gasteiger partial charge >= 0.3 is 0 Å². The summed E-state index contributed by atoms with van der Waals surface area (Å²) in [4.78, 5) is 0. The minimum atomic E-state index is -0.132. The number of hydrogen-bond acceptors (Lipinski definition) is 3. The van der Waals surface area contributed by atoms with Crippen molar-refractivity contribution in [3.63, 3.8) is 0 Å². The van der Waals surface area contributed by atoms with Crippen molar-refractivity contribution in [2.75, 3.05) is 0 Å². The molecule has 0 aliphatic rings. The van der Waals surface area contributed by atoms with E-state index in [-0.39, 0.29) is 11.4 Å². The quantitative estimate of drug-likeness (QED) is 0.357. The smallest absolute Gasteiger partial charge is 0.170 e. The fourth-order valence-electron chi connectivity index (χ4n) is 1.26. The maximum Gasteiger partial charge on any atom is 0.170 e. The second-order valence-electron chi connectivity index (χ2n) is 4.59. The lowest BCUT2D eigenvalue weighted by molar-refractivity contribution is -0.0316. The third-order valence-corrected chi connectivity index (χ3v) is 2.81. The van der Waals surface area contributed by atoms with Crippen LogP contribution in [0.15, 0.2) is 29.4 Å². The van der Waals surface area contributed by atoms with Crippen LogP contribution < -0.4 is 5.73 Å². The number of nitrogens with two attached hydrogens (primary N) is 1. The molecule has 0 unspecified atom stereocenters. The fourth-order valence-corrected chi connectivity index (χ4v) is 1.26. The summed E-state index contributed by atoms with van der Waals surface area (Å²) in [6, 6.07) is 7.48. The van der Waals surface area contributed by atoms with Crippen molar-refractivity contribution in [2.45, 2.75) is 39.4 Å². The molecule has 0 saturated carbocycles. The zero-order valence-electron chi connectivity index (χ0n) is 10.6. The van der Waals surface area contributed by atoms with E-state index in [0.29, 0.717) is 12.2 Å². The Labute approximate surface area is 102 Å². The van der Waals surface area contributed by atoms with Crippen molar-refractivity contribution in [1.82, 2.24) is 0 Å². The SMILES string of the molecule is CCC(C)(C)OCc1cccc(/C(N)=N/O)c1. The van der Waals surface area contributed by atoms with Gasteiger partial charge in [-0.05, 0) is 31.9 Å². The number of benzene rings is 1. The highest BCUT2D eigenvalue weighted by Crippen LogP contribution is 2.17. The zero-order valence-corrected chi connectivity index (χ0v) is 10.6. The van der Waals surface area contributed by atoms with Gasteiger partial charge in [0.15, 0.2) is 5.84 Å². The molecule has 0 saturated heterocycles. The van der Waals surface area contributed by atoms with E-state index in [1.807, 2.05) is 18.2 Å². The van der Waals surface area contributed by atoms with Crippen LogP contribution in [-0.2, 0) is 11.3 Å². The number of hydrogen-bond donors (Lipinski definition) is 2. The predicted molar refractivity (Wildman–Crippen MR) is 68.1 cm³/mol. The van der Waals surface area contributed by atoms with E-state index in [9.17, 15) is 0 Å². The van der Waals surface area contributed by atoms with Crippen LogP contribution in [0.4, 0.5) is 0 Å². The molecule has 0 atom stereocenters. The molecule has 3 N–H and O–H groups in total. The van der Waals surface area contributed by atoms with Crippen molar-refractivity contribution in [2.24, 2.45) is 10.9 Å². The van der Waals surface area contributed by atoms with Gasteiger partial charge < -0.3 is 15.7 Å². The van der Waals surface area contributed by atoms with Crippen LogP contribution in [0.3, 0.4) is 0 Å². The second kappa shape index (κ2) is 5.68. The Hall–Kier alpha value is -1.55. The van der Waals surface area contributed by atoms with Gasteiger partial charge in [-0.1, -0.05) is 30.3 Å². The molecule has 1 aromatic carbocycles. The van der Waals surface area contributed by atoms with Crippen LogP contribution in [-0.4, -0.2) is 16.6 Å². The molecule has 1 rings (SSSR count). The van der Waals surface area contributed by atoms with Gasteiger partial charge in [-0.3, -0.25) is 0 Å². The van der Waals surface area contributed by atoms with Gasteiger partial charge in [0.1, 0.15) is 0 Å². The van der Waals surface area contributed by atoms with Gasteiger partial charge in [0, 0.05) is 5.56 Å². The number of oxime groups is 1. The molecular formula is C13H20N2O2. The van der Waals surface area contributed by atoms with Gasteiger partial charge in [-0.2, -0.15) is 0 Å². The molecule has 0 bridgehead atoms. The molecule has 94 valence electrons. The molecule has 0 heterocycles. The van der Waals surface area contributed by atoms with Crippen LogP contribution in [0.5, 0.6) is 0 Å². The normalized spacial score (nSPS) is 12.8. The number of nitrogens with zero attached hydrogens (tertiary/aromatic N) is 1. The van der Waals surface area contributed by atoms with Crippen LogP contribution in [0.25, 0.3) is 0 Å². The van der Waals surface area contributed by atoms with Crippen LogP contribution in [0.1, 0.15) is 38.3 Å². The Morgan fingerprint density at radius 3 is 2.76 bits per heavy atom. The highest BCUT2D eigenvalue weighted by molar-refractivity contribution is 5.97. The molecule has 4 nitrogen and oxygen atoms in total. The second-order valence-corrected chi connectivity index (χ2v) is 4.59. The minimum Gasteiger partial charge on any atom is -0.409 e. The molecule has 4 heteroatoms. The predicted octanol–water partition coefficient (Wildman–Crippen LogP) is 2.49. The molecule has 1 aromatic rings. The summed E-state index contributed by atoms with van der Waals surface area (Å²) < 4.78 is 5.79. The third-order valence-electron chi connectivity index (χ3n) is 2.81. The molecule has 17 heavy (non-hydrogen) atoms. The van der Waals surface area contributed by atoms with E-state index in [0.717, 1.165) is 12.0 Å². The van der Waals surface area contributed by atoms with E-state index in [1.165, 1.54) is 0 Å². The highest BCUT2D eigenvalue weighted by atomic mass is 16.5. The number of amidine groups is 1. The number of rotatable bonds is 5. The topological polar surface area (TPSA) is 67.8 Å². The van der Waals surface area contributed by atoms with E-state index in [1.54, 1.807) is 6.07 Å². The molecule has 0 aromatic heterocycles. The Balaban J connectivity index is 2.73. The van der Waals surface area contributed by atoms with Crippen LogP contribution in [0.2, 0.25) is 0 Å². The first-order chi connectivity index (χ1) is 7.98. The largest absolute Gasteiger partial charge is 0.409 e. The van der Waals surface area contributed by atoms with E-state index in [4.69, 9.17) is 15.7 Å². The van der Waals surface area contributed by atoms with Crippen molar-refractivity contribution in [3.8, 4) is 0 Å². The number of ether oxygens (including phenoxy) is 1. The Bertz CT molecular complexity index is 400. The van der Waals surface area contributed by atoms with E-state index < -0.39 is 0 Å². The fraction of sp³-hybridized carbons (Fsp3) is 0.462. The van der Waals surface area contributed by atoms with E-state index in [2.05, 4.69) is 25.9 Å². The standard InChI is InChI=1S/C13H20N2O2/c1-4-13(2,3)17-9-10-6-5-7-11(8-10)12(14)15-16/h5-8,16H,4,9H2,1-3H3,(H2,14,15). The summed E-state index contributed by atoms with van der Waals surface area (Å²) in [6.45, 7) is 6.72. The summed E-state index contributed by atoms with van der Waals surface area (Å²) in [6.07, 6.45) is 0.951. The maximum absolute atomic E-state index is 8.61. The molecule has 0 aliphatic heterocycles. The van der Waals surface area contributed by atoms with Gasteiger partial charge in [0.25, 0.3) is 0 Å². The van der Waals surface area contributed by atoms with Crippen LogP contribution in [0, 0.1) is 0 Å². The van der Waals surface area contributed by atoms with Crippen molar-refractivity contribution >= 4 is 5.84 Å². The summed E-state index contributed by atoms with van der Waals surface area (Å²) in [5.41, 5.74) is 7.11. The lowest BCUT2D eigenvalue weighted by Crippen LogP contribution is -2.22. The Kier molecular flexibility index (Phi) is 4.52. The van der Waals surface area contributed by atoms with Crippen molar-refractivity contribution in [1.29, 1.82) is 0 Å². The highest BCUT2D eigenvalue weighted by Gasteiger charge is 2.15. The van der Waals surface area contributed by atoms with Gasteiger partial charge in [-0.15, -0.1) is 0 Å². The third kappa shape index (κ3) is 4.07. The zero-order chi connectivity index (χ0) is 12.9. The molecule has 0 spiro atoms. The average molecular weight is 236 g/mol. The Morgan fingerprint density at radius 2 is 2.18 bits per heavy atom. The first-order valence-electron chi connectivity index (χ1n) is 5.69. The lowest BCUT2D eigenvalue weighted by atomic mass is 10.1. The Morgan fingerprint density at radius 1 is 1.47 bits per heavy atom. The molecule has 0 aliphatic carbocycles. The molecule has 0 amide bonds. The minimum absolute atomic E-state index is 0.113. The van der Waals surface area contributed by atoms with Gasteiger partial charge in [-0.25, -0.2) is 0 Å². The van der Waals surface area contributed by atoms with Crippen molar-refractivity contribution < 1.29 is 9.94 Å². The van der Waals surface area contributed by atoms with Gasteiger partial charge in [0.2, 0.25) is 0 Å². The summed E-state index contributed by atoms with van der Waals surface area (Å²) >= 11 is 0.